The summed E-state index contributed by atoms with van der Waals surface area (Å²) >= 11 is 0. The number of benzene rings is 1. The maximum absolute atomic E-state index is 12.9. The summed E-state index contributed by atoms with van der Waals surface area (Å²) in [6.45, 7) is 5.43. The van der Waals surface area contributed by atoms with E-state index in [0.29, 0.717) is 5.92 Å². The molecule has 3 aliphatic carbocycles. The molecule has 1 heterocycles. The molecule has 28 heavy (non-hydrogen) atoms. The molecule has 1 aromatic carbocycles. The van der Waals surface area contributed by atoms with Crippen LogP contribution in [-0.4, -0.2) is 42.1 Å². The Morgan fingerprint density at radius 2 is 1.89 bits per heavy atom. The third kappa shape index (κ3) is 3.19. The molecule has 4 fully saturated rings. The minimum absolute atomic E-state index is 0.0520. The summed E-state index contributed by atoms with van der Waals surface area (Å²) in [5.41, 5.74) is 3.11. The van der Waals surface area contributed by atoms with Crippen molar-refractivity contribution >= 4 is 12.0 Å². The Bertz CT molecular complexity index is 780. The number of carbonyl (C=O) groups is 2. The molecule has 1 N–H and O–H groups in total. The van der Waals surface area contributed by atoms with E-state index < -0.39 is 0 Å². The SMILES string of the molecule is CC(C)OC(=O)N[C@H]1C[C@@H](C(=O)N2CC3CC3(c3ccc(C4CC4)cc3)C2)C1. The van der Waals surface area contributed by atoms with Gasteiger partial charge in [-0.05, 0) is 68.9 Å². The molecule has 2 atom stereocenters. The molecule has 3 saturated carbocycles. The van der Waals surface area contributed by atoms with Crippen LogP contribution in [0.15, 0.2) is 24.3 Å². The van der Waals surface area contributed by atoms with E-state index in [0.717, 1.165) is 31.8 Å². The molecule has 2 unspecified atom stereocenters. The number of piperidine rings is 1. The van der Waals surface area contributed by atoms with Crippen molar-refractivity contribution in [3.05, 3.63) is 35.4 Å². The fraction of sp³-hybridized carbons (Fsp3) is 0.652. The molecule has 150 valence electrons. The van der Waals surface area contributed by atoms with E-state index in [1.807, 2.05) is 13.8 Å². The Balaban J connectivity index is 1.14. The van der Waals surface area contributed by atoms with Crippen LogP contribution in [0, 0.1) is 11.8 Å². The first kappa shape index (κ1) is 18.0. The summed E-state index contributed by atoms with van der Waals surface area (Å²) in [5.74, 6) is 1.74. The van der Waals surface area contributed by atoms with Crippen molar-refractivity contribution in [3.63, 3.8) is 0 Å². The van der Waals surface area contributed by atoms with Crippen LogP contribution in [0.2, 0.25) is 0 Å². The van der Waals surface area contributed by atoms with Crippen molar-refractivity contribution < 1.29 is 14.3 Å². The second kappa shape index (κ2) is 6.50. The summed E-state index contributed by atoms with van der Waals surface area (Å²) in [6.07, 6.45) is 4.86. The number of alkyl carbamates (subject to hydrolysis) is 1. The first-order valence-corrected chi connectivity index (χ1v) is 10.8. The molecular weight excluding hydrogens is 352 g/mol. The zero-order chi connectivity index (χ0) is 19.5. The molecule has 1 aliphatic heterocycles. The highest BCUT2D eigenvalue weighted by Gasteiger charge is 2.62. The van der Waals surface area contributed by atoms with Crippen molar-refractivity contribution in [2.24, 2.45) is 11.8 Å². The summed E-state index contributed by atoms with van der Waals surface area (Å²) in [7, 11) is 0. The van der Waals surface area contributed by atoms with E-state index in [1.54, 1.807) is 0 Å². The second-order valence-electron chi connectivity index (χ2n) is 9.64. The highest BCUT2D eigenvalue weighted by molar-refractivity contribution is 5.81. The Labute approximate surface area is 166 Å². The molecule has 1 aromatic rings. The maximum atomic E-state index is 12.9. The Hall–Kier alpha value is -2.04. The molecule has 2 amide bonds. The zero-order valence-corrected chi connectivity index (χ0v) is 16.8. The minimum Gasteiger partial charge on any atom is -0.447 e. The summed E-state index contributed by atoms with van der Waals surface area (Å²) < 4.78 is 5.12. The van der Waals surface area contributed by atoms with E-state index in [4.69, 9.17) is 4.74 Å². The first-order chi connectivity index (χ1) is 13.4. The molecule has 0 aromatic heterocycles. The van der Waals surface area contributed by atoms with Crippen LogP contribution >= 0.6 is 0 Å². The Morgan fingerprint density at radius 3 is 2.54 bits per heavy atom. The molecule has 0 bridgehead atoms. The van der Waals surface area contributed by atoms with Gasteiger partial charge in [0.15, 0.2) is 0 Å². The van der Waals surface area contributed by atoms with E-state index in [1.165, 1.54) is 30.4 Å². The molecule has 0 radical (unpaired) electrons. The lowest BCUT2D eigenvalue weighted by Gasteiger charge is -2.37. The number of likely N-dealkylation sites (tertiary alicyclic amines) is 1. The second-order valence-corrected chi connectivity index (χ2v) is 9.64. The van der Waals surface area contributed by atoms with Gasteiger partial charge in [-0.25, -0.2) is 4.79 Å². The van der Waals surface area contributed by atoms with Crippen LogP contribution in [-0.2, 0) is 14.9 Å². The number of ether oxygens (including phenoxy) is 1. The predicted molar refractivity (Wildman–Crippen MR) is 106 cm³/mol. The number of fused-ring (bicyclic) bond motifs is 1. The van der Waals surface area contributed by atoms with Crippen LogP contribution in [0.4, 0.5) is 4.79 Å². The van der Waals surface area contributed by atoms with Crippen molar-refractivity contribution in [2.45, 2.75) is 69.4 Å². The number of hydrogen-bond donors (Lipinski definition) is 1. The lowest BCUT2D eigenvalue weighted by atomic mass is 9.79. The fourth-order valence-corrected chi connectivity index (χ4v) is 5.21. The third-order valence-corrected chi connectivity index (χ3v) is 7.14. The summed E-state index contributed by atoms with van der Waals surface area (Å²) in [5, 5.41) is 2.86. The van der Waals surface area contributed by atoms with Crippen LogP contribution in [0.25, 0.3) is 0 Å². The van der Waals surface area contributed by atoms with Gasteiger partial charge in [-0.1, -0.05) is 24.3 Å². The molecule has 5 rings (SSSR count). The van der Waals surface area contributed by atoms with E-state index in [2.05, 4.69) is 34.5 Å². The first-order valence-electron chi connectivity index (χ1n) is 10.8. The number of nitrogens with zero attached hydrogens (tertiary/aromatic N) is 1. The Kier molecular flexibility index (Phi) is 4.18. The van der Waals surface area contributed by atoms with E-state index >= 15 is 0 Å². The van der Waals surface area contributed by atoms with Gasteiger partial charge in [0.25, 0.3) is 0 Å². The van der Waals surface area contributed by atoms with Gasteiger partial charge in [-0.2, -0.15) is 0 Å². The fourth-order valence-electron chi connectivity index (χ4n) is 5.21. The van der Waals surface area contributed by atoms with Crippen molar-refractivity contribution in [3.8, 4) is 0 Å². The van der Waals surface area contributed by atoms with Crippen LogP contribution in [0.1, 0.15) is 63.0 Å². The molecular formula is C23H30N2O3. The van der Waals surface area contributed by atoms with Gasteiger partial charge in [0.2, 0.25) is 5.91 Å². The van der Waals surface area contributed by atoms with Crippen molar-refractivity contribution in [1.82, 2.24) is 10.2 Å². The standard InChI is InChI=1S/C23H30N2O3/c1-14(2)28-22(27)24-20-9-17(10-20)21(26)25-12-19-11-23(19,13-25)18-7-5-16(6-8-18)15-3-4-15/h5-8,14-15,17,19-20H,3-4,9-13H2,1-2H3,(H,24,27)/t17-,19?,20+,23?. The number of amides is 2. The summed E-state index contributed by atoms with van der Waals surface area (Å²) in [4.78, 5) is 26.7. The average molecular weight is 383 g/mol. The highest BCUT2D eigenvalue weighted by atomic mass is 16.6. The van der Waals surface area contributed by atoms with Crippen LogP contribution in [0.3, 0.4) is 0 Å². The molecule has 4 aliphatic rings. The highest BCUT2D eigenvalue weighted by Crippen LogP contribution is 2.59. The van der Waals surface area contributed by atoms with Crippen molar-refractivity contribution in [2.75, 3.05) is 13.1 Å². The predicted octanol–water partition coefficient (Wildman–Crippen LogP) is 3.58. The van der Waals surface area contributed by atoms with E-state index in [9.17, 15) is 9.59 Å². The van der Waals surface area contributed by atoms with Gasteiger partial charge in [0, 0.05) is 30.5 Å². The van der Waals surface area contributed by atoms with E-state index in [-0.39, 0.29) is 35.5 Å². The lowest BCUT2D eigenvalue weighted by Crippen LogP contribution is -2.50. The number of rotatable bonds is 5. The topological polar surface area (TPSA) is 58.6 Å². The summed E-state index contributed by atoms with van der Waals surface area (Å²) in [6, 6.07) is 9.30. The van der Waals surface area contributed by atoms with Gasteiger partial charge in [0.05, 0.1) is 6.10 Å². The van der Waals surface area contributed by atoms with Gasteiger partial charge < -0.3 is 15.0 Å². The van der Waals surface area contributed by atoms with Crippen LogP contribution < -0.4 is 5.32 Å². The van der Waals surface area contributed by atoms with Gasteiger partial charge in [-0.3, -0.25) is 4.79 Å². The Morgan fingerprint density at radius 1 is 1.18 bits per heavy atom. The van der Waals surface area contributed by atoms with Gasteiger partial charge >= 0.3 is 6.09 Å². The third-order valence-electron chi connectivity index (χ3n) is 7.14. The lowest BCUT2D eigenvalue weighted by molar-refractivity contribution is -0.138. The zero-order valence-electron chi connectivity index (χ0n) is 16.8. The number of nitrogens with one attached hydrogen (secondary N) is 1. The molecule has 5 heteroatoms. The average Bonchev–Trinajstić information content (AvgIpc) is 3.55. The van der Waals surface area contributed by atoms with Crippen molar-refractivity contribution in [1.29, 1.82) is 0 Å². The monoisotopic (exact) mass is 382 g/mol. The normalized spacial score (nSPS) is 33.2. The van der Waals surface area contributed by atoms with Gasteiger partial charge in [0.1, 0.15) is 0 Å². The smallest absolute Gasteiger partial charge is 0.407 e. The molecule has 0 spiro atoms. The molecule has 5 nitrogen and oxygen atoms in total. The number of carbonyl (C=O) groups excluding carboxylic acids is 2. The quantitative estimate of drug-likeness (QED) is 0.847. The van der Waals surface area contributed by atoms with Crippen LogP contribution in [0.5, 0.6) is 0 Å². The number of hydrogen-bond acceptors (Lipinski definition) is 3. The maximum Gasteiger partial charge on any atom is 0.407 e. The minimum atomic E-state index is -0.373. The molecule has 1 saturated heterocycles. The van der Waals surface area contributed by atoms with Gasteiger partial charge in [-0.15, -0.1) is 0 Å². The largest absolute Gasteiger partial charge is 0.447 e.